The number of Topliss-reactive ketones (excluding diaryl/α,β-unsaturated/α-hetero) is 1. The van der Waals surface area contributed by atoms with E-state index in [0.29, 0.717) is 12.8 Å². The minimum Gasteiger partial charge on any atom is -0.508 e. The van der Waals surface area contributed by atoms with Crippen molar-refractivity contribution < 1.29 is 49.0 Å². The standard InChI is InChI=1S/C23H32O10/c1-12-6-4-3-5-7-15(26)19-13(9-18(27)31-12)8-14(25)10-16(19)32-23-21(29)20(28)22(30-2)17(11-24)33-23/h8,10,12,17,20-25,28-29H,3-7,9,11H2,1-2H3/t12-,17+,20+,21+,22+,23+/m0/s1. The van der Waals surface area contributed by atoms with Crippen LogP contribution in [0.15, 0.2) is 12.1 Å². The molecule has 33 heavy (non-hydrogen) atoms. The minimum atomic E-state index is -1.57. The fourth-order valence-corrected chi connectivity index (χ4v) is 4.27. The van der Waals surface area contributed by atoms with Gasteiger partial charge in [-0.15, -0.1) is 0 Å². The summed E-state index contributed by atoms with van der Waals surface area (Å²) in [6.45, 7) is 1.30. The number of cyclic esters (lactones) is 1. The van der Waals surface area contributed by atoms with E-state index in [-0.39, 0.29) is 47.4 Å². The first-order valence-corrected chi connectivity index (χ1v) is 11.2. The molecule has 3 rings (SSSR count). The molecule has 0 amide bonds. The number of aliphatic hydroxyl groups excluding tert-OH is 3. The second kappa shape index (κ2) is 11.3. The van der Waals surface area contributed by atoms with Crippen molar-refractivity contribution in [3.05, 3.63) is 23.3 Å². The third-order valence-corrected chi connectivity index (χ3v) is 5.97. The highest BCUT2D eigenvalue weighted by molar-refractivity contribution is 6.01. The van der Waals surface area contributed by atoms with Crippen molar-refractivity contribution in [1.82, 2.24) is 0 Å². The van der Waals surface area contributed by atoms with Crippen molar-refractivity contribution in [1.29, 1.82) is 0 Å². The lowest BCUT2D eigenvalue weighted by molar-refractivity contribution is -0.281. The highest BCUT2D eigenvalue weighted by Gasteiger charge is 2.46. The van der Waals surface area contributed by atoms with E-state index in [1.54, 1.807) is 0 Å². The van der Waals surface area contributed by atoms with Gasteiger partial charge in [-0.1, -0.05) is 6.42 Å². The number of carbonyl (C=O) groups excluding carboxylic acids is 2. The molecule has 0 spiro atoms. The van der Waals surface area contributed by atoms with Gasteiger partial charge in [0.15, 0.2) is 5.78 Å². The number of rotatable bonds is 4. The van der Waals surface area contributed by atoms with Crippen molar-refractivity contribution in [2.24, 2.45) is 0 Å². The van der Waals surface area contributed by atoms with Crippen LogP contribution < -0.4 is 4.74 Å². The van der Waals surface area contributed by atoms with Crippen molar-refractivity contribution in [2.75, 3.05) is 13.7 Å². The third kappa shape index (κ3) is 6.01. The highest BCUT2D eigenvalue weighted by atomic mass is 16.7. The lowest BCUT2D eigenvalue weighted by Gasteiger charge is -2.41. The van der Waals surface area contributed by atoms with Gasteiger partial charge in [-0.05, 0) is 37.8 Å². The summed E-state index contributed by atoms with van der Waals surface area (Å²) in [6.07, 6.45) is -3.83. The first kappa shape index (κ1) is 25.4. The van der Waals surface area contributed by atoms with Crippen molar-refractivity contribution in [3.8, 4) is 11.5 Å². The number of hydrogen-bond acceptors (Lipinski definition) is 10. The molecule has 6 atom stereocenters. The number of carbonyl (C=O) groups is 2. The lowest BCUT2D eigenvalue weighted by Crippen LogP contribution is -2.60. The first-order chi connectivity index (χ1) is 15.7. The SMILES string of the molecule is CO[C@H]1[C@H](O)[C@@H](O)[C@H](Oc2cc(O)cc3c2C(=O)CCCCC[C@H](C)OC(=O)C3)O[C@@H]1CO. The molecule has 184 valence electrons. The van der Waals surface area contributed by atoms with Crippen LogP contribution in [0, 0.1) is 0 Å². The quantitative estimate of drug-likeness (QED) is 0.468. The number of aromatic hydroxyl groups is 1. The van der Waals surface area contributed by atoms with Crippen molar-refractivity contribution in [2.45, 2.75) is 82.3 Å². The Bertz CT molecular complexity index is 839. The van der Waals surface area contributed by atoms with Crippen LogP contribution in [0.25, 0.3) is 0 Å². The third-order valence-electron chi connectivity index (χ3n) is 5.97. The first-order valence-electron chi connectivity index (χ1n) is 11.2. The number of benzene rings is 1. The summed E-state index contributed by atoms with van der Waals surface area (Å²) in [5.74, 6) is -1.19. The maximum atomic E-state index is 13.1. The Morgan fingerprint density at radius 3 is 2.58 bits per heavy atom. The van der Waals surface area contributed by atoms with Crippen LogP contribution in [0.5, 0.6) is 11.5 Å². The monoisotopic (exact) mass is 468 g/mol. The van der Waals surface area contributed by atoms with E-state index < -0.39 is 43.3 Å². The molecule has 2 aliphatic rings. The molecule has 0 bridgehead atoms. The van der Waals surface area contributed by atoms with Gasteiger partial charge in [0.05, 0.1) is 24.7 Å². The van der Waals surface area contributed by atoms with Gasteiger partial charge in [0.1, 0.15) is 35.9 Å². The topological polar surface area (TPSA) is 152 Å². The molecule has 0 aliphatic carbocycles. The molecular formula is C23H32O10. The van der Waals surface area contributed by atoms with Crippen LogP contribution in [-0.4, -0.2) is 82.7 Å². The number of fused-ring (bicyclic) bond motifs is 1. The number of esters is 1. The molecular weight excluding hydrogens is 436 g/mol. The maximum absolute atomic E-state index is 13.1. The molecule has 2 aliphatic heterocycles. The summed E-state index contributed by atoms with van der Waals surface area (Å²) in [5.41, 5.74) is 0.310. The molecule has 2 heterocycles. The van der Waals surface area contributed by atoms with Crippen LogP contribution >= 0.6 is 0 Å². The Morgan fingerprint density at radius 2 is 1.88 bits per heavy atom. The van der Waals surface area contributed by atoms with Gasteiger partial charge in [0.2, 0.25) is 6.29 Å². The molecule has 1 fully saturated rings. The molecule has 0 radical (unpaired) electrons. The van der Waals surface area contributed by atoms with Gasteiger partial charge in [-0.3, -0.25) is 9.59 Å². The summed E-state index contributed by atoms with van der Waals surface area (Å²) >= 11 is 0. The van der Waals surface area contributed by atoms with Gasteiger partial charge in [0, 0.05) is 19.6 Å². The molecule has 0 saturated carbocycles. The Labute approximate surface area is 192 Å². The largest absolute Gasteiger partial charge is 0.508 e. The van der Waals surface area contributed by atoms with Gasteiger partial charge in [0.25, 0.3) is 0 Å². The van der Waals surface area contributed by atoms with E-state index in [2.05, 4.69) is 0 Å². The maximum Gasteiger partial charge on any atom is 0.310 e. The fraction of sp³-hybridized carbons (Fsp3) is 0.652. The number of ketones is 1. The van der Waals surface area contributed by atoms with Crippen molar-refractivity contribution in [3.63, 3.8) is 0 Å². The van der Waals surface area contributed by atoms with Crippen LogP contribution in [0.2, 0.25) is 0 Å². The Kier molecular flexibility index (Phi) is 8.66. The fourth-order valence-electron chi connectivity index (χ4n) is 4.27. The lowest BCUT2D eigenvalue weighted by atomic mass is 9.95. The van der Waals surface area contributed by atoms with E-state index >= 15 is 0 Å². The van der Waals surface area contributed by atoms with Crippen molar-refractivity contribution >= 4 is 11.8 Å². The van der Waals surface area contributed by atoms with E-state index in [1.165, 1.54) is 19.2 Å². The number of phenolic OH excluding ortho intramolecular Hbond substituents is 1. The predicted molar refractivity (Wildman–Crippen MR) is 114 cm³/mol. The zero-order valence-electron chi connectivity index (χ0n) is 18.8. The smallest absolute Gasteiger partial charge is 0.310 e. The summed E-state index contributed by atoms with van der Waals surface area (Å²) in [6, 6.07) is 2.50. The molecule has 1 aromatic rings. The summed E-state index contributed by atoms with van der Waals surface area (Å²) < 4.78 is 21.9. The Morgan fingerprint density at radius 1 is 1.12 bits per heavy atom. The number of ether oxygens (including phenoxy) is 4. The zero-order valence-corrected chi connectivity index (χ0v) is 18.8. The zero-order chi connectivity index (χ0) is 24.1. The van der Waals surface area contributed by atoms with Gasteiger partial charge in [-0.25, -0.2) is 0 Å². The number of aliphatic hydroxyl groups is 3. The minimum absolute atomic E-state index is 0.0812. The average molecular weight is 468 g/mol. The van der Waals surface area contributed by atoms with Crippen LogP contribution in [0.1, 0.15) is 54.9 Å². The van der Waals surface area contributed by atoms with E-state index in [9.17, 15) is 30.0 Å². The van der Waals surface area contributed by atoms with Gasteiger partial charge >= 0.3 is 5.97 Å². The van der Waals surface area contributed by atoms with E-state index in [0.717, 1.165) is 12.8 Å². The van der Waals surface area contributed by atoms with Gasteiger partial charge in [-0.2, -0.15) is 0 Å². The van der Waals surface area contributed by atoms with E-state index in [4.69, 9.17) is 18.9 Å². The Balaban J connectivity index is 1.95. The molecule has 10 nitrogen and oxygen atoms in total. The molecule has 1 aromatic carbocycles. The van der Waals surface area contributed by atoms with Gasteiger partial charge < -0.3 is 39.4 Å². The second-order valence-corrected chi connectivity index (χ2v) is 8.50. The average Bonchev–Trinajstić information content (AvgIpc) is 2.75. The molecule has 10 heteroatoms. The predicted octanol–water partition coefficient (Wildman–Crippen LogP) is 0.846. The Hall–Kier alpha value is -2.24. The molecule has 4 N–H and O–H groups in total. The van der Waals surface area contributed by atoms with E-state index in [1.807, 2.05) is 6.92 Å². The molecule has 0 aromatic heterocycles. The highest BCUT2D eigenvalue weighted by Crippen LogP contribution is 2.34. The summed E-state index contributed by atoms with van der Waals surface area (Å²) in [4.78, 5) is 25.5. The molecule has 0 unspecified atom stereocenters. The summed E-state index contributed by atoms with van der Waals surface area (Å²) in [7, 11) is 1.31. The number of hydrogen-bond donors (Lipinski definition) is 4. The number of methoxy groups -OCH3 is 1. The van der Waals surface area contributed by atoms with Crippen LogP contribution in [0.3, 0.4) is 0 Å². The van der Waals surface area contributed by atoms with Crippen LogP contribution in [0.4, 0.5) is 0 Å². The second-order valence-electron chi connectivity index (χ2n) is 8.50. The van der Waals surface area contributed by atoms with Crippen LogP contribution in [-0.2, 0) is 25.4 Å². The normalized spacial score (nSPS) is 31.7. The molecule has 1 saturated heterocycles. The number of phenols is 1. The summed E-state index contributed by atoms with van der Waals surface area (Å²) in [5, 5.41) is 40.7.